The maximum atomic E-state index is 12.1. The Morgan fingerprint density at radius 1 is 1.35 bits per heavy atom. The molecule has 7 heteroatoms. The van der Waals surface area contributed by atoms with Crippen molar-refractivity contribution < 1.29 is 19.1 Å². The highest BCUT2D eigenvalue weighted by Gasteiger charge is 2.13. The topological polar surface area (TPSA) is 77.0 Å². The van der Waals surface area contributed by atoms with Crippen LogP contribution in [0.4, 0.5) is 5.69 Å². The molecule has 1 N–H and O–H groups in total. The Morgan fingerprint density at radius 3 is 2.61 bits per heavy atom. The van der Waals surface area contributed by atoms with Gasteiger partial charge in [-0.25, -0.2) is 0 Å². The highest BCUT2D eigenvalue weighted by Crippen LogP contribution is 2.15. The van der Waals surface area contributed by atoms with E-state index in [1.807, 2.05) is 19.2 Å². The number of anilines is 1. The molecule has 23 heavy (non-hydrogen) atoms. The lowest BCUT2D eigenvalue weighted by atomic mass is 10.3. The summed E-state index contributed by atoms with van der Waals surface area (Å²) in [6.45, 7) is 5.17. The first-order valence-corrected chi connectivity index (χ1v) is 7.90. The summed E-state index contributed by atoms with van der Waals surface area (Å²) in [5, 5.41) is 4.63. The van der Waals surface area contributed by atoms with Gasteiger partial charge in [0.15, 0.2) is 6.61 Å². The van der Waals surface area contributed by atoms with Crippen LogP contribution in [0.15, 0.2) is 41.2 Å². The highest BCUT2D eigenvalue weighted by atomic mass is 32.2. The quantitative estimate of drug-likeness (QED) is 0.424. The molecule has 124 valence electrons. The number of benzene rings is 1. The minimum absolute atomic E-state index is 0.165. The number of Topliss-reactive ketones (excluding diaryl/α,β-unsaturated/α-hetero) is 1. The first kappa shape index (κ1) is 18.8. The molecule has 0 spiro atoms. The molecule has 0 aliphatic carbocycles. The van der Waals surface area contributed by atoms with Crippen molar-refractivity contribution in [3.63, 3.8) is 0 Å². The summed E-state index contributed by atoms with van der Waals surface area (Å²) in [5.41, 5.74) is 0.947. The number of aliphatic imine (C=N–C) groups is 1. The standard InChI is InChI=1S/C16H20N2O4S/c1-4-21-15(20)10-18-16(23-5-2)14(19)11-22-13-8-6-12(17-3)7-9-13/h5-9,17H,2,4,10-11H2,1,3H3/b18-16-. The number of hydrogen-bond donors (Lipinski definition) is 1. The van der Waals surface area contributed by atoms with Gasteiger partial charge >= 0.3 is 5.97 Å². The van der Waals surface area contributed by atoms with E-state index in [0.717, 1.165) is 17.4 Å². The number of ether oxygens (including phenoxy) is 2. The van der Waals surface area contributed by atoms with E-state index in [1.54, 1.807) is 19.1 Å². The molecule has 1 aromatic carbocycles. The Hall–Kier alpha value is -2.28. The van der Waals surface area contributed by atoms with Crippen molar-refractivity contribution in [3.05, 3.63) is 36.3 Å². The summed E-state index contributed by atoms with van der Waals surface area (Å²) in [6, 6.07) is 7.20. The van der Waals surface area contributed by atoms with Crippen molar-refractivity contribution >= 4 is 34.2 Å². The summed E-state index contributed by atoms with van der Waals surface area (Å²) < 4.78 is 10.2. The normalized spacial score (nSPS) is 10.8. The van der Waals surface area contributed by atoms with Crippen molar-refractivity contribution in [1.82, 2.24) is 0 Å². The number of carbonyl (C=O) groups is 2. The lowest BCUT2D eigenvalue weighted by Gasteiger charge is -2.07. The molecule has 1 rings (SSSR count). The Bertz CT molecular complexity index is 570. The fourth-order valence-electron chi connectivity index (χ4n) is 1.54. The Kier molecular flexibility index (Phi) is 8.52. The maximum absolute atomic E-state index is 12.1. The number of nitrogens with zero attached hydrogens (tertiary/aromatic N) is 1. The third-order valence-electron chi connectivity index (χ3n) is 2.60. The van der Waals surface area contributed by atoms with Gasteiger partial charge in [0, 0.05) is 12.7 Å². The van der Waals surface area contributed by atoms with Gasteiger partial charge in [-0.2, -0.15) is 0 Å². The minimum Gasteiger partial charge on any atom is -0.485 e. The van der Waals surface area contributed by atoms with E-state index in [2.05, 4.69) is 16.9 Å². The molecule has 0 saturated heterocycles. The van der Waals surface area contributed by atoms with Crippen molar-refractivity contribution in [2.45, 2.75) is 6.92 Å². The van der Waals surface area contributed by atoms with Crippen LogP contribution in [-0.2, 0) is 14.3 Å². The second-order valence-corrected chi connectivity index (χ2v) is 5.15. The molecule has 6 nitrogen and oxygen atoms in total. The van der Waals surface area contributed by atoms with Gasteiger partial charge in [0.25, 0.3) is 0 Å². The van der Waals surface area contributed by atoms with Crippen LogP contribution >= 0.6 is 11.8 Å². The molecule has 0 aliphatic heterocycles. The zero-order valence-electron chi connectivity index (χ0n) is 13.2. The number of carbonyl (C=O) groups excluding carboxylic acids is 2. The lowest BCUT2D eigenvalue weighted by molar-refractivity contribution is -0.141. The highest BCUT2D eigenvalue weighted by molar-refractivity contribution is 8.18. The van der Waals surface area contributed by atoms with Crippen LogP contribution in [0.1, 0.15) is 6.92 Å². The van der Waals surface area contributed by atoms with E-state index in [4.69, 9.17) is 9.47 Å². The SMILES string of the molecule is C=CS/C(=N\CC(=O)OCC)C(=O)COc1ccc(NC)cc1. The van der Waals surface area contributed by atoms with Gasteiger partial charge < -0.3 is 14.8 Å². The maximum Gasteiger partial charge on any atom is 0.327 e. The monoisotopic (exact) mass is 336 g/mol. The number of esters is 1. The van der Waals surface area contributed by atoms with Crippen LogP contribution in [0.5, 0.6) is 5.75 Å². The van der Waals surface area contributed by atoms with E-state index in [9.17, 15) is 9.59 Å². The average Bonchev–Trinajstić information content (AvgIpc) is 2.57. The predicted molar refractivity (Wildman–Crippen MR) is 93.2 cm³/mol. The molecule has 0 aromatic heterocycles. The third kappa shape index (κ3) is 7.01. The first-order valence-electron chi connectivity index (χ1n) is 7.02. The summed E-state index contributed by atoms with van der Waals surface area (Å²) in [5.74, 6) is -0.228. The largest absolute Gasteiger partial charge is 0.485 e. The summed E-state index contributed by atoms with van der Waals surface area (Å²) in [7, 11) is 1.82. The van der Waals surface area contributed by atoms with E-state index < -0.39 is 5.97 Å². The molecule has 0 amide bonds. The van der Waals surface area contributed by atoms with Crippen LogP contribution in [-0.4, -0.2) is 43.6 Å². The molecule has 0 atom stereocenters. The van der Waals surface area contributed by atoms with Gasteiger partial charge in [0.05, 0.1) is 6.61 Å². The Balaban J connectivity index is 2.60. The number of nitrogens with one attached hydrogen (secondary N) is 1. The summed E-state index contributed by atoms with van der Waals surface area (Å²) >= 11 is 1.05. The molecule has 0 unspecified atom stereocenters. The zero-order chi connectivity index (χ0) is 17.1. The van der Waals surface area contributed by atoms with Crippen LogP contribution < -0.4 is 10.1 Å². The van der Waals surface area contributed by atoms with Crippen LogP contribution in [0.2, 0.25) is 0 Å². The van der Waals surface area contributed by atoms with E-state index in [1.165, 1.54) is 5.41 Å². The van der Waals surface area contributed by atoms with E-state index >= 15 is 0 Å². The second-order valence-electron chi connectivity index (χ2n) is 4.20. The number of ketones is 1. The summed E-state index contributed by atoms with van der Waals surface area (Å²) in [6.07, 6.45) is 0. The zero-order valence-corrected chi connectivity index (χ0v) is 14.0. The molecular weight excluding hydrogens is 316 g/mol. The number of rotatable bonds is 9. The first-order chi connectivity index (χ1) is 11.1. The molecule has 0 saturated carbocycles. The Labute approximate surface area is 140 Å². The third-order valence-corrected chi connectivity index (χ3v) is 3.35. The fraction of sp³-hybridized carbons (Fsp3) is 0.312. The second kappa shape index (κ2) is 10.4. The minimum atomic E-state index is -0.481. The Morgan fingerprint density at radius 2 is 2.04 bits per heavy atom. The van der Waals surface area contributed by atoms with Crippen molar-refractivity contribution in [2.24, 2.45) is 4.99 Å². The van der Waals surface area contributed by atoms with E-state index in [-0.39, 0.29) is 30.6 Å². The smallest absolute Gasteiger partial charge is 0.327 e. The molecule has 0 aliphatic rings. The molecule has 0 radical (unpaired) electrons. The average molecular weight is 336 g/mol. The molecular formula is C16H20N2O4S. The van der Waals surface area contributed by atoms with Crippen LogP contribution in [0, 0.1) is 0 Å². The van der Waals surface area contributed by atoms with Crippen molar-refractivity contribution in [1.29, 1.82) is 0 Å². The number of hydrogen-bond acceptors (Lipinski definition) is 7. The van der Waals surface area contributed by atoms with Gasteiger partial charge in [-0.1, -0.05) is 18.3 Å². The van der Waals surface area contributed by atoms with Gasteiger partial charge in [-0.05, 0) is 36.6 Å². The van der Waals surface area contributed by atoms with E-state index in [0.29, 0.717) is 5.75 Å². The van der Waals surface area contributed by atoms with Crippen molar-refractivity contribution in [2.75, 3.05) is 32.1 Å². The van der Waals surface area contributed by atoms with Gasteiger partial charge in [-0.15, -0.1) is 0 Å². The lowest BCUT2D eigenvalue weighted by Crippen LogP contribution is -2.20. The number of thioether (sulfide) groups is 1. The van der Waals surface area contributed by atoms with Crippen LogP contribution in [0.3, 0.4) is 0 Å². The van der Waals surface area contributed by atoms with Gasteiger partial charge in [0.2, 0.25) is 5.78 Å². The van der Waals surface area contributed by atoms with Gasteiger partial charge in [0.1, 0.15) is 17.3 Å². The van der Waals surface area contributed by atoms with Crippen LogP contribution in [0.25, 0.3) is 0 Å². The van der Waals surface area contributed by atoms with Gasteiger partial charge in [-0.3, -0.25) is 14.6 Å². The predicted octanol–water partition coefficient (Wildman–Crippen LogP) is 2.51. The fourth-order valence-corrected chi connectivity index (χ4v) is 2.03. The summed E-state index contributed by atoms with van der Waals surface area (Å²) in [4.78, 5) is 27.4. The molecule has 0 bridgehead atoms. The van der Waals surface area contributed by atoms with Crippen molar-refractivity contribution in [3.8, 4) is 5.75 Å². The molecule has 0 heterocycles. The molecule has 1 aromatic rings. The molecule has 0 fully saturated rings.